The summed E-state index contributed by atoms with van der Waals surface area (Å²) in [5.41, 5.74) is -9.33. The highest BCUT2D eigenvalue weighted by atomic mass is 16.6. The van der Waals surface area contributed by atoms with Crippen molar-refractivity contribution in [3.05, 3.63) is 41.2 Å². The number of esters is 1. The third kappa shape index (κ3) is 11.6. The maximum atomic E-state index is 14.3. The molecule has 7 N–H and O–H groups in total. The van der Waals surface area contributed by atoms with Gasteiger partial charge in [-0.3, -0.25) is 28.8 Å². The Balaban J connectivity index is 1.89. The SMILES string of the molecule is CC(=O)NC1(C(=O)NC(C)(C)C(=O)N[C@@H](Cc2c[nH]c3ccccc23)C(=O)NC(C)(C)C(=O)NC(C)(C)C(=O)NC(C)(C)C(=O)OC(C)(C)C)CC(C)(C)N([O-])C(C)(C)C1. The van der Waals surface area contributed by atoms with E-state index in [4.69, 9.17) is 4.74 Å². The highest BCUT2D eigenvalue weighted by molar-refractivity contribution is 6.01. The van der Waals surface area contributed by atoms with Crippen molar-refractivity contribution in [3.8, 4) is 0 Å². The lowest BCUT2D eigenvalue weighted by atomic mass is 9.69. The van der Waals surface area contributed by atoms with E-state index in [1.165, 1.54) is 62.3 Å². The molecule has 0 spiro atoms. The number of hydrogen-bond acceptors (Lipinski definition) is 10. The second-order valence-electron chi connectivity index (χ2n) is 20.5. The van der Waals surface area contributed by atoms with Gasteiger partial charge in [0.15, 0.2) is 0 Å². The number of benzene rings is 1. The lowest BCUT2D eigenvalue weighted by Crippen LogP contribution is -2.74. The highest BCUT2D eigenvalue weighted by Crippen LogP contribution is 2.43. The van der Waals surface area contributed by atoms with Crippen LogP contribution in [0.4, 0.5) is 0 Å². The number of carbonyl (C=O) groups excluding carboxylic acids is 7. The summed E-state index contributed by atoms with van der Waals surface area (Å²) < 4.78 is 5.44. The summed E-state index contributed by atoms with van der Waals surface area (Å²) in [5, 5.41) is 31.3. The van der Waals surface area contributed by atoms with Crippen LogP contribution in [0.2, 0.25) is 0 Å². The van der Waals surface area contributed by atoms with Gasteiger partial charge in [-0.2, -0.15) is 0 Å². The molecule has 0 aliphatic carbocycles. The molecule has 6 amide bonds. The number of carbonyl (C=O) groups is 7. The number of aromatic amines is 1. The normalized spacial score (nSPS) is 17.4. The van der Waals surface area contributed by atoms with E-state index in [-0.39, 0.29) is 19.3 Å². The molecule has 3 rings (SSSR count). The molecular weight excluding hydrogens is 773 g/mol. The number of piperidine rings is 1. The van der Waals surface area contributed by atoms with E-state index < -0.39 is 91.8 Å². The smallest absolute Gasteiger partial charge is 0.331 e. The van der Waals surface area contributed by atoms with Crippen molar-refractivity contribution in [2.45, 2.75) is 180 Å². The molecule has 1 fully saturated rings. The van der Waals surface area contributed by atoms with E-state index in [2.05, 4.69) is 36.9 Å². The van der Waals surface area contributed by atoms with Gasteiger partial charge in [0, 0.05) is 41.5 Å². The van der Waals surface area contributed by atoms with E-state index in [1.54, 1.807) is 54.7 Å². The monoisotopic (exact) mass is 840 g/mol. The number of nitrogens with one attached hydrogen (secondary N) is 7. The van der Waals surface area contributed by atoms with Crippen molar-refractivity contribution in [1.29, 1.82) is 0 Å². The average Bonchev–Trinajstić information content (AvgIpc) is 3.47. The molecule has 0 saturated carbocycles. The molecule has 1 aromatic carbocycles. The number of hydrogen-bond donors (Lipinski definition) is 7. The zero-order valence-corrected chi connectivity index (χ0v) is 38.2. The molecule has 1 saturated heterocycles. The van der Waals surface area contributed by atoms with Crippen molar-refractivity contribution in [1.82, 2.24) is 41.9 Å². The lowest BCUT2D eigenvalue weighted by Gasteiger charge is -2.62. The van der Waals surface area contributed by atoms with Gasteiger partial charge in [-0.05, 0) is 128 Å². The van der Waals surface area contributed by atoms with Gasteiger partial charge in [0.1, 0.15) is 39.3 Å². The number of H-pyrrole nitrogens is 1. The van der Waals surface area contributed by atoms with Gasteiger partial charge in [0.2, 0.25) is 35.4 Å². The van der Waals surface area contributed by atoms with Gasteiger partial charge >= 0.3 is 5.97 Å². The van der Waals surface area contributed by atoms with Crippen LogP contribution < -0.4 is 31.9 Å². The number of rotatable bonds is 14. The minimum Gasteiger partial charge on any atom is -0.784 e. The van der Waals surface area contributed by atoms with Crippen LogP contribution in [0, 0.1) is 5.21 Å². The first-order valence-corrected chi connectivity index (χ1v) is 20.1. The van der Waals surface area contributed by atoms with Crippen LogP contribution in [0.5, 0.6) is 0 Å². The fourth-order valence-electron chi connectivity index (χ4n) is 7.52. The molecule has 1 aromatic heterocycles. The molecule has 2 aromatic rings. The molecule has 1 aliphatic rings. The van der Waals surface area contributed by atoms with Crippen molar-refractivity contribution in [2.24, 2.45) is 0 Å². The number of fused-ring (bicyclic) bond motifs is 1. The maximum absolute atomic E-state index is 14.3. The molecule has 17 nitrogen and oxygen atoms in total. The van der Waals surface area contributed by atoms with Gasteiger partial charge in [0.25, 0.3) is 0 Å². The predicted octanol–water partition coefficient (Wildman–Crippen LogP) is 3.14. The van der Waals surface area contributed by atoms with Crippen molar-refractivity contribution in [3.63, 3.8) is 0 Å². The third-order valence-electron chi connectivity index (χ3n) is 10.5. The summed E-state index contributed by atoms with van der Waals surface area (Å²) in [6.45, 7) is 24.7. The summed E-state index contributed by atoms with van der Waals surface area (Å²) in [4.78, 5) is 98.5. The first kappa shape index (κ1) is 49.3. The van der Waals surface area contributed by atoms with E-state index in [0.29, 0.717) is 5.56 Å². The van der Waals surface area contributed by atoms with Crippen molar-refractivity contribution in [2.75, 3.05) is 0 Å². The summed E-state index contributed by atoms with van der Waals surface area (Å²) in [6.07, 6.45) is 1.59. The Morgan fingerprint density at radius 3 is 1.73 bits per heavy atom. The first-order valence-electron chi connectivity index (χ1n) is 20.1. The second kappa shape index (κ2) is 16.8. The van der Waals surface area contributed by atoms with Crippen LogP contribution in [0.25, 0.3) is 10.9 Å². The predicted molar refractivity (Wildman–Crippen MR) is 228 cm³/mol. The number of nitrogens with zero attached hydrogens (tertiary/aromatic N) is 1. The molecular formula is C43H67N8O9-. The minimum atomic E-state index is -1.67. The maximum Gasteiger partial charge on any atom is 0.331 e. The van der Waals surface area contributed by atoms with Gasteiger partial charge in [-0.1, -0.05) is 18.2 Å². The summed E-state index contributed by atoms with van der Waals surface area (Å²) >= 11 is 0. The zero-order chi connectivity index (χ0) is 46.2. The van der Waals surface area contributed by atoms with Crippen LogP contribution in [0.1, 0.15) is 129 Å². The van der Waals surface area contributed by atoms with E-state index in [9.17, 15) is 38.8 Å². The van der Waals surface area contributed by atoms with Crippen LogP contribution >= 0.6 is 0 Å². The molecule has 1 aliphatic heterocycles. The standard InChI is InChI=1S/C43H67N8O9/c1-25(52)46-43(23-37(5,6)51(59)38(7,8)24-43)34(57)50-39(9,10)31(54)45-29(21-26-22-44-28-20-18-17-19-27(26)28)30(53)47-40(11,12)32(55)48-41(13,14)33(56)49-42(15,16)35(58)60-36(2,3)4/h17-20,22,29,44H,21,23-24H2,1-16H3,(H,45,54)(H,46,52)(H,47,53)(H,48,55)(H,49,56)(H,50,57)/q-1/t29-/m0/s1. The largest absolute Gasteiger partial charge is 0.784 e. The Morgan fingerprint density at radius 1 is 0.733 bits per heavy atom. The number of ether oxygens (including phenoxy) is 1. The summed E-state index contributed by atoms with van der Waals surface area (Å²) in [6, 6.07) is 6.09. The average molecular weight is 840 g/mol. The van der Waals surface area contributed by atoms with Crippen molar-refractivity contribution < 1.29 is 38.3 Å². The van der Waals surface area contributed by atoms with E-state index >= 15 is 0 Å². The lowest BCUT2D eigenvalue weighted by molar-refractivity contribution is -0.163. The molecule has 334 valence electrons. The van der Waals surface area contributed by atoms with Crippen LogP contribution in [0.3, 0.4) is 0 Å². The minimum absolute atomic E-state index is 0.0332. The quantitative estimate of drug-likeness (QED) is 0.137. The Morgan fingerprint density at radius 2 is 1.22 bits per heavy atom. The fourth-order valence-corrected chi connectivity index (χ4v) is 7.52. The molecule has 0 bridgehead atoms. The molecule has 2 heterocycles. The molecule has 60 heavy (non-hydrogen) atoms. The van der Waals surface area contributed by atoms with Crippen molar-refractivity contribution >= 4 is 52.3 Å². The number of aromatic nitrogens is 1. The molecule has 0 radical (unpaired) electrons. The number of hydroxylamine groups is 2. The fraction of sp³-hybridized carbons (Fsp3) is 0.651. The summed E-state index contributed by atoms with van der Waals surface area (Å²) in [5.74, 6) is -4.76. The third-order valence-corrected chi connectivity index (χ3v) is 10.5. The van der Waals surface area contributed by atoms with E-state index in [0.717, 1.165) is 16.0 Å². The van der Waals surface area contributed by atoms with Gasteiger partial charge in [-0.25, -0.2) is 4.79 Å². The van der Waals surface area contributed by atoms with Crippen LogP contribution in [-0.2, 0) is 44.7 Å². The van der Waals surface area contributed by atoms with E-state index in [1.807, 2.05) is 24.3 Å². The Kier molecular flexibility index (Phi) is 13.8. The van der Waals surface area contributed by atoms with Gasteiger partial charge in [0.05, 0.1) is 0 Å². The molecule has 17 heteroatoms. The first-order chi connectivity index (χ1) is 27.0. The number of para-hydroxylation sites is 1. The molecule has 1 atom stereocenters. The Labute approximate surface area is 353 Å². The summed E-state index contributed by atoms with van der Waals surface area (Å²) in [7, 11) is 0. The highest BCUT2D eigenvalue weighted by Gasteiger charge is 2.54. The second-order valence-corrected chi connectivity index (χ2v) is 20.5. The Bertz CT molecular complexity index is 1990. The van der Waals surface area contributed by atoms with Crippen LogP contribution in [-0.4, -0.2) is 102 Å². The number of amides is 6. The van der Waals surface area contributed by atoms with Gasteiger partial charge in [-0.15, -0.1) is 0 Å². The Hall–Kier alpha value is -5.03. The topological polar surface area (TPSA) is 243 Å². The molecule has 0 unspecified atom stereocenters. The van der Waals surface area contributed by atoms with Crippen LogP contribution in [0.15, 0.2) is 30.5 Å². The zero-order valence-electron chi connectivity index (χ0n) is 38.2. The van der Waals surface area contributed by atoms with Gasteiger partial charge < -0.3 is 51.9 Å².